The van der Waals surface area contributed by atoms with Gasteiger partial charge in [-0.15, -0.1) is 0 Å². The van der Waals surface area contributed by atoms with E-state index in [1.807, 2.05) is 0 Å². The Hall–Kier alpha value is -0.620. The van der Waals surface area contributed by atoms with Gasteiger partial charge in [0.05, 0.1) is 34.4 Å². The van der Waals surface area contributed by atoms with Crippen molar-refractivity contribution in [3.05, 3.63) is 55.8 Å². The van der Waals surface area contributed by atoms with Crippen molar-refractivity contribution >= 4 is 155 Å². The Kier molecular flexibility index (Phi) is 19.4. The molecule has 0 unspecified atom stereocenters. The van der Waals surface area contributed by atoms with Crippen LogP contribution in [0.5, 0.6) is 11.5 Å². The minimum atomic E-state index is -4.67. The Bertz CT molecular complexity index is 1600. The first-order valence-electron chi connectivity index (χ1n) is 11.6. The molecule has 47 heavy (non-hydrogen) atoms. The van der Waals surface area contributed by atoms with Crippen LogP contribution in [0.2, 0.25) is 0 Å². The number of thiocarbonyl (C=S) groups is 2. The van der Waals surface area contributed by atoms with Crippen LogP contribution in [-0.2, 0) is 41.0 Å². The summed E-state index contributed by atoms with van der Waals surface area (Å²) in [7, 11) is -9.34. The first-order valence-corrected chi connectivity index (χ1v) is 17.1. The number of carbonyl (C=O) groups excluding carboxylic acids is 2. The zero-order valence-electron chi connectivity index (χ0n) is 24.8. The van der Waals surface area contributed by atoms with Gasteiger partial charge >= 0.3 is 15.6 Å². The first kappa shape index (κ1) is 46.4. The second-order valence-electron chi connectivity index (χ2n) is 8.49. The molecule has 2 fully saturated rings. The summed E-state index contributed by atoms with van der Waals surface area (Å²) in [5.41, 5.74) is 1.46. The van der Waals surface area contributed by atoms with E-state index in [1.54, 1.807) is 13.8 Å². The van der Waals surface area contributed by atoms with Gasteiger partial charge in [0.25, 0.3) is 11.8 Å². The van der Waals surface area contributed by atoms with E-state index in [2.05, 4.69) is 29.6 Å². The average molecular weight is 789 g/mol. The number of aromatic nitrogens is 2. The van der Waals surface area contributed by atoms with Crippen molar-refractivity contribution in [2.75, 3.05) is 0 Å². The summed E-state index contributed by atoms with van der Waals surface area (Å²) in [5, 5.41) is 25.0. The van der Waals surface area contributed by atoms with Gasteiger partial charge in [-0.3, -0.25) is 28.6 Å². The molecule has 2 aliphatic heterocycles. The summed E-state index contributed by atoms with van der Waals surface area (Å²) in [4.78, 5) is 66.7. The molecule has 25 heteroatoms. The molecule has 0 atom stereocenters. The monoisotopic (exact) mass is 788 g/mol. The summed E-state index contributed by atoms with van der Waals surface area (Å²) in [6, 6.07) is 0. The number of phosphoric acid groups is 2. The molecule has 4 rings (SSSR count). The molecule has 10 N–H and O–H groups in total. The number of hydrogen-bond donors (Lipinski definition) is 8. The summed E-state index contributed by atoms with van der Waals surface area (Å²) < 4.78 is 31.0. The van der Waals surface area contributed by atoms with E-state index < -0.39 is 40.7 Å². The summed E-state index contributed by atoms with van der Waals surface area (Å²) in [6.07, 6.45) is 5.38. The maximum atomic E-state index is 11.7. The van der Waals surface area contributed by atoms with Crippen molar-refractivity contribution in [1.29, 1.82) is 0 Å². The SMILES string of the molecule is Cc1ncc(COP(=O)(O)O)c(/C=C2\SC(=S)NC2=O)c1O.Cc1ncc(COP(=O)(O)O)c(/C=C2\SC(=S)NC2=O)c1O.O.[Na].[Na]. The fourth-order valence-corrected chi connectivity index (χ4v) is 5.94. The molecule has 17 nitrogen and oxygen atoms in total. The van der Waals surface area contributed by atoms with Crippen LogP contribution in [0.25, 0.3) is 12.2 Å². The molecule has 0 bridgehead atoms. The fourth-order valence-electron chi connectivity index (χ4n) is 3.27. The third-order valence-corrected chi connectivity index (χ3v) is 8.58. The summed E-state index contributed by atoms with van der Waals surface area (Å²) >= 11 is 11.8. The molecule has 2 radical (unpaired) electrons. The predicted octanol–water partition coefficient (Wildman–Crippen LogP) is 0.801. The average Bonchev–Trinajstić information content (AvgIpc) is 3.40. The van der Waals surface area contributed by atoms with Crippen molar-refractivity contribution in [2.45, 2.75) is 27.1 Å². The number of rotatable bonds is 8. The molecule has 0 aromatic carbocycles. The standard InChI is InChI=1S/2C11H11N2O6PS2.2Na.H2O/c2*1-5-9(14)7(2-8-10(15)13-11(21)22-8)6(3-12-5)4-19-20(16,17)18;;;/h2*2-3,14H,4H2,1H3,(H,13,15,21)(H2,16,17,18);;;1H2/b2*8-2-;;;. The van der Waals surface area contributed by atoms with Gasteiger partial charge in [-0.2, -0.15) is 0 Å². The van der Waals surface area contributed by atoms with Crippen LogP contribution in [-0.4, -0.2) is 125 Å². The van der Waals surface area contributed by atoms with E-state index in [9.17, 15) is 28.9 Å². The van der Waals surface area contributed by atoms with Crippen LogP contribution in [0, 0.1) is 13.8 Å². The fraction of sp³-hybridized carbons (Fsp3) is 0.182. The third-order valence-electron chi connectivity index (χ3n) is 5.33. The van der Waals surface area contributed by atoms with E-state index in [-0.39, 0.29) is 117 Å². The number of thioether (sulfide) groups is 2. The van der Waals surface area contributed by atoms with Gasteiger partial charge in [-0.25, -0.2) is 9.13 Å². The normalized spacial score (nSPS) is 16.0. The smallest absolute Gasteiger partial charge is 0.469 e. The number of phosphoric ester groups is 2. The molecule has 0 spiro atoms. The number of pyridine rings is 2. The molecule has 2 aromatic rings. The molecule has 2 saturated heterocycles. The Morgan fingerprint density at radius 3 is 1.34 bits per heavy atom. The van der Waals surface area contributed by atoms with Gasteiger partial charge < -0.3 is 45.9 Å². The van der Waals surface area contributed by atoms with Crippen molar-refractivity contribution < 1.29 is 63.0 Å². The number of nitrogens with one attached hydrogen (secondary N) is 2. The van der Waals surface area contributed by atoms with Crippen LogP contribution < -0.4 is 10.6 Å². The number of aromatic hydroxyl groups is 2. The maximum absolute atomic E-state index is 11.7. The van der Waals surface area contributed by atoms with Crippen LogP contribution in [0.15, 0.2) is 22.2 Å². The van der Waals surface area contributed by atoms with Crippen molar-refractivity contribution in [1.82, 2.24) is 20.6 Å². The minimum absolute atomic E-state index is 0. The van der Waals surface area contributed by atoms with Crippen LogP contribution >= 0.6 is 63.6 Å². The topological polar surface area (TPSA) is 289 Å². The number of hydrogen-bond acceptors (Lipinski definition) is 14. The van der Waals surface area contributed by atoms with E-state index >= 15 is 0 Å². The number of aryl methyl sites for hydroxylation is 2. The van der Waals surface area contributed by atoms with Crippen molar-refractivity contribution in [2.24, 2.45) is 0 Å². The zero-order chi connectivity index (χ0) is 33.0. The molecule has 2 aliphatic rings. The minimum Gasteiger partial charge on any atom is -0.505 e. The Labute approximate surface area is 330 Å². The second kappa shape index (κ2) is 19.7. The van der Waals surface area contributed by atoms with Crippen LogP contribution in [0.4, 0.5) is 0 Å². The Balaban J connectivity index is 0.000000846. The first-order chi connectivity index (χ1) is 20.3. The zero-order valence-corrected chi connectivity index (χ0v) is 33.8. The molecular formula is C22H24N4Na2O13P2S4. The largest absolute Gasteiger partial charge is 0.505 e. The number of carbonyl (C=O) groups is 2. The van der Waals surface area contributed by atoms with Gasteiger partial charge in [-0.1, -0.05) is 48.0 Å². The van der Waals surface area contributed by atoms with E-state index in [0.29, 0.717) is 11.4 Å². The van der Waals surface area contributed by atoms with Crippen LogP contribution in [0.3, 0.4) is 0 Å². The molecule has 0 saturated carbocycles. The van der Waals surface area contributed by atoms with E-state index in [0.717, 1.165) is 23.5 Å². The Morgan fingerprint density at radius 1 is 0.766 bits per heavy atom. The molecule has 2 aromatic heterocycles. The summed E-state index contributed by atoms with van der Waals surface area (Å²) in [5.74, 6) is -1.23. The van der Waals surface area contributed by atoms with Gasteiger partial charge in [-0.05, 0) is 26.0 Å². The number of amides is 2. The summed E-state index contributed by atoms with van der Waals surface area (Å²) in [6.45, 7) is 2.16. The maximum Gasteiger partial charge on any atom is 0.469 e. The molecule has 0 aliphatic carbocycles. The Morgan fingerprint density at radius 2 is 1.09 bits per heavy atom. The van der Waals surface area contributed by atoms with Crippen molar-refractivity contribution in [3.8, 4) is 11.5 Å². The number of nitrogens with zero attached hydrogens (tertiary/aromatic N) is 2. The van der Waals surface area contributed by atoms with Gasteiger partial charge in [0.2, 0.25) is 0 Å². The van der Waals surface area contributed by atoms with Gasteiger partial charge in [0.15, 0.2) is 0 Å². The second-order valence-corrected chi connectivity index (χ2v) is 14.4. The van der Waals surface area contributed by atoms with Crippen LogP contribution in [0.1, 0.15) is 33.6 Å². The molecule has 2 amide bonds. The molecule has 246 valence electrons. The van der Waals surface area contributed by atoms with Crippen molar-refractivity contribution in [3.63, 3.8) is 0 Å². The molecular weight excluding hydrogens is 764 g/mol. The third kappa shape index (κ3) is 14.3. The van der Waals surface area contributed by atoms with E-state index in [4.69, 9.17) is 44.0 Å². The quantitative estimate of drug-likeness (QED) is 0.0794. The van der Waals surface area contributed by atoms with Gasteiger partial charge in [0.1, 0.15) is 20.1 Å². The van der Waals surface area contributed by atoms with Gasteiger partial charge in [0, 0.05) is 93.8 Å². The molecule has 4 heterocycles. The van der Waals surface area contributed by atoms with E-state index in [1.165, 1.54) is 24.5 Å². The predicted molar refractivity (Wildman–Crippen MR) is 183 cm³/mol.